The first-order valence-electron chi connectivity index (χ1n) is 7.51. The molecule has 1 rings (SSSR count). The molecule has 0 aromatic carbocycles. The summed E-state index contributed by atoms with van der Waals surface area (Å²) in [6, 6.07) is -0.391. The van der Waals surface area contributed by atoms with Crippen molar-refractivity contribution in [1.29, 1.82) is 0 Å². The van der Waals surface area contributed by atoms with Crippen molar-refractivity contribution in [3.05, 3.63) is 0 Å². The molecule has 7 heteroatoms. The van der Waals surface area contributed by atoms with E-state index in [1.54, 1.807) is 0 Å². The summed E-state index contributed by atoms with van der Waals surface area (Å²) in [5.74, 6) is -0.293. The van der Waals surface area contributed by atoms with Gasteiger partial charge in [-0.25, -0.2) is 4.79 Å². The molecule has 0 unspecified atom stereocenters. The van der Waals surface area contributed by atoms with Crippen LogP contribution in [0.15, 0.2) is 0 Å². The molecule has 1 fully saturated rings. The number of carboxylic acid groups (broad SMARTS) is 1. The fraction of sp³-hybridized carbons (Fsp3) is 0.786. The second-order valence-corrected chi connectivity index (χ2v) is 5.53. The number of urea groups is 1. The van der Waals surface area contributed by atoms with Crippen molar-refractivity contribution in [3.8, 4) is 0 Å². The van der Waals surface area contributed by atoms with Crippen LogP contribution < -0.4 is 16.0 Å². The highest BCUT2D eigenvalue weighted by molar-refractivity contribution is 5.86. The quantitative estimate of drug-likeness (QED) is 0.555. The van der Waals surface area contributed by atoms with Gasteiger partial charge in [0.25, 0.3) is 0 Å². The monoisotopic (exact) mass is 299 g/mol. The number of hydrogen-bond acceptors (Lipinski definition) is 3. The number of rotatable bonds is 7. The number of nitrogens with one attached hydrogen (secondary N) is 3. The molecule has 0 heterocycles. The van der Waals surface area contributed by atoms with Crippen molar-refractivity contribution in [2.24, 2.45) is 11.8 Å². The van der Waals surface area contributed by atoms with E-state index >= 15 is 0 Å². The van der Waals surface area contributed by atoms with E-state index in [9.17, 15) is 14.4 Å². The van der Waals surface area contributed by atoms with Gasteiger partial charge < -0.3 is 21.1 Å². The van der Waals surface area contributed by atoms with Crippen molar-refractivity contribution >= 4 is 17.9 Å². The van der Waals surface area contributed by atoms with E-state index in [0.29, 0.717) is 12.5 Å². The largest absolute Gasteiger partial charge is 0.480 e. The first-order chi connectivity index (χ1) is 10.0. The Kier molecular flexibility index (Phi) is 7.56. The predicted octanol–water partition coefficient (Wildman–Crippen LogP) is 0.703. The molecule has 0 atom stereocenters. The van der Waals surface area contributed by atoms with Crippen molar-refractivity contribution in [1.82, 2.24) is 16.0 Å². The van der Waals surface area contributed by atoms with E-state index in [-0.39, 0.29) is 6.54 Å². The second kappa shape index (κ2) is 9.20. The summed E-state index contributed by atoms with van der Waals surface area (Å²) in [4.78, 5) is 33.0. The highest BCUT2D eigenvalue weighted by Gasteiger charge is 2.20. The Hall–Kier alpha value is -1.79. The van der Waals surface area contributed by atoms with Crippen LogP contribution in [-0.4, -0.2) is 42.6 Å². The fourth-order valence-electron chi connectivity index (χ4n) is 2.54. The van der Waals surface area contributed by atoms with Gasteiger partial charge in [0.2, 0.25) is 5.91 Å². The minimum absolute atomic E-state index is 0.221. The molecule has 0 spiro atoms. The Bertz CT molecular complexity index is 365. The number of hydrogen-bond donors (Lipinski definition) is 4. The van der Waals surface area contributed by atoms with Gasteiger partial charge in [-0.3, -0.25) is 9.59 Å². The molecule has 0 bridgehead atoms. The zero-order chi connectivity index (χ0) is 15.7. The first kappa shape index (κ1) is 17.3. The Balaban J connectivity index is 2.09. The van der Waals surface area contributed by atoms with Crippen LogP contribution in [0.2, 0.25) is 0 Å². The highest BCUT2D eigenvalue weighted by atomic mass is 16.4. The molecule has 7 nitrogen and oxygen atoms in total. The van der Waals surface area contributed by atoms with Crippen molar-refractivity contribution in [2.75, 3.05) is 19.6 Å². The Morgan fingerprint density at radius 1 is 0.952 bits per heavy atom. The minimum atomic E-state index is -1.12. The molecular formula is C14H25N3O4. The van der Waals surface area contributed by atoms with Crippen LogP contribution in [0.1, 0.15) is 39.0 Å². The second-order valence-electron chi connectivity index (χ2n) is 5.53. The molecular weight excluding hydrogens is 274 g/mol. The van der Waals surface area contributed by atoms with Crippen LogP contribution >= 0.6 is 0 Å². The number of carbonyl (C=O) groups excluding carboxylic acids is 2. The van der Waals surface area contributed by atoms with Gasteiger partial charge in [0, 0.05) is 6.54 Å². The highest BCUT2D eigenvalue weighted by Crippen LogP contribution is 2.29. The van der Waals surface area contributed by atoms with E-state index in [1.165, 1.54) is 19.3 Å². The van der Waals surface area contributed by atoms with Gasteiger partial charge in [0.05, 0.1) is 6.54 Å². The zero-order valence-electron chi connectivity index (χ0n) is 12.5. The lowest BCUT2D eigenvalue weighted by Gasteiger charge is -2.27. The fourth-order valence-corrected chi connectivity index (χ4v) is 2.54. The minimum Gasteiger partial charge on any atom is -0.480 e. The summed E-state index contributed by atoms with van der Waals surface area (Å²) in [7, 11) is 0. The third-order valence-corrected chi connectivity index (χ3v) is 3.94. The van der Waals surface area contributed by atoms with Gasteiger partial charge in [-0.1, -0.05) is 26.2 Å². The number of aliphatic carboxylic acids is 1. The molecule has 0 aromatic heterocycles. The average molecular weight is 299 g/mol. The maximum atomic E-state index is 11.5. The van der Waals surface area contributed by atoms with Gasteiger partial charge in [-0.05, 0) is 24.7 Å². The molecule has 3 amide bonds. The summed E-state index contributed by atoms with van der Waals surface area (Å²) in [6.45, 7) is 2.18. The Morgan fingerprint density at radius 3 is 2.14 bits per heavy atom. The van der Waals surface area contributed by atoms with Crippen molar-refractivity contribution in [2.45, 2.75) is 39.0 Å². The maximum absolute atomic E-state index is 11.5. The molecule has 0 saturated heterocycles. The molecule has 1 aliphatic rings. The SMILES string of the molecule is CCC1CCC(CNC(=O)NCC(=O)NCC(=O)O)CC1. The summed E-state index contributed by atoms with van der Waals surface area (Å²) >= 11 is 0. The predicted molar refractivity (Wildman–Crippen MR) is 77.8 cm³/mol. The van der Waals surface area contributed by atoms with Crippen molar-refractivity contribution in [3.63, 3.8) is 0 Å². The molecule has 0 aromatic rings. The molecule has 4 N–H and O–H groups in total. The first-order valence-corrected chi connectivity index (χ1v) is 7.51. The number of amides is 3. The van der Waals surface area contributed by atoms with E-state index in [2.05, 4.69) is 22.9 Å². The normalized spacial score (nSPS) is 21.4. The topological polar surface area (TPSA) is 108 Å². The van der Waals surface area contributed by atoms with Gasteiger partial charge in [-0.2, -0.15) is 0 Å². The van der Waals surface area contributed by atoms with Gasteiger partial charge in [0.15, 0.2) is 0 Å². The maximum Gasteiger partial charge on any atom is 0.322 e. The smallest absolute Gasteiger partial charge is 0.322 e. The van der Waals surface area contributed by atoms with Crippen molar-refractivity contribution < 1.29 is 19.5 Å². The molecule has 0 aliphatic heterocycles. The van der Waals surface area contributed by atoms with Crippen LogP contribution in [0.3, 0.4) is 0 Å². The van der Waals surface area contributed by atoms with Gasteiger partial charge in [0.1, 0.15) is 6.54 Å². The van der Waals surface area contributed by atoms with Gasteiger partial charge in [-0.15, -0.1) is 0 Å². The molecule has 1 saturated carbocycles. The third-order valence-electron chi connectivity index (χ3n) is 3.94. The molecule has 1 aliphatic carbocycles. The zero-order valence-corrected chi connectivity index (χ0v) is 12.5. The Morgan fingerprint density at radius 2 is 1.57 bits per heavy atom. The van der Waals surface area contributed by atoms with Crippen LogP contribution in [0, 0.1) is 11.8 Å². The molecule has 120 valence electrons. The summed E-state index contributed by atoms with van der Waals surface area (Å²) in [5.41, 5.74) is 0. The summed E-state index contributed by atoms with van der Waals surface area (Å²) in [6.07, 6.45) is 5.95. The number of carboxylic acids is 1. The van der Waals surface area contributed by atoms with Crippen LogP contribution in [0.5, 0.6) is 0 Å². The molecule has 0 radical (unpaired) electrons. The standard InChI is InChI=1S/C14H25N3O4/c1-2-10-3-5-11(6-4-10)7-16-14(21)17-8-12(18)15-9-13(19)20/h10-11H,2-9H2,1H3,(H,15,18)(H,19,20)(H2,16,17,21). The van der Waals surface area contributed by atoms with Crippen LogP contribution in [-0.2, 0) is 9.59 Å². The summed E-state index contributed by atoms with van der Waals surface area (Å²) < 4.78 is 0. The summed E-state index contributed by atoms with van der Waals surface area (Å²) in [5, 5.41) is 15.7. The average Bonchev–Trinajstić information content (AvgIpc) is 2.49. The Labute approximate surface area is 124 Å². The van der Waals surface area contributed by atoms with Gasteiger partial charge >= 0.3 is 12.0 Å². The lowest BCUT2D eigenvalue weighted by Crippen LogP contribution is -2.44. The van der Waals surface area contributed by atoms with Crippen LogP contribution in [0.25, 0.3) is 0 Å². The number of carbonyl (C=O) groups is 3. The van der Waals surface area contributed by atoms with E-state index in [4.69, 9.17) is 5.11 Å². The van der Waals surface area contributed by atoms with E-state index in [0.717, 1.165) is 18.8 Å². The van der Waals surface area contributed by atoms with E-state index in [1.807, 2.05) is 0 Å². The lowest BCUT2D eigenvalue weighted by atomic mass is 9.81. The third kappa shape index (κ3) is 7.53. The molecule has 21 heavy (non-hydrogen) atoms. The van der Waals surface area contributed by atoms with E-state index < -0.39 is 24.5 Å². The van der Waals surface area contributed by atoms with Crippen LogP contribution in [0.4, 0.5) is 4.79 Å². The lowest BCUT2D eigenvalue weighted by molar-refractivity contribution is -0.137.